The minimum Gasteiger partial charge on any atom is -0.384 e. The van der Waals surface area contributed by atoms with Crippen molar-refractivity contribution < 1.29 is 4.74 Å². The summed E-state index contributed by atoms with van der Waals surface area (Å²) in [7, 11) is 1.74. The topological polar surface area (TPSA) is 47.0 Å². The highest BCUT2D eigenvalue weighted by atomic mass is 32.1. The smallest absolute Gasteiger partial charge is 0.117 e. The molecule has 5 heteroatoms. The van der Waals surface area contributed by atoms with Crippen LogP contribution >= 0.6 is 11.3 Å². The Morgan fingerprint density at radius 2 is 1.95 bits per heavy atom. The summed E-state index contributed by atoms with van der Waals surface area (Å²) < 4.78 is 5.14. The summed E-state index contributed by atoms with van der Waals surface area (Å²) in [6.45, 7) is 9.58. The van der Waals surface area contributed by atoms with Crippen molar-refractivity contribution >= 4 is 11.3 Å². The molecule has 0 aromatic carbocycles. The van der Waals surface area contributed by atoms with E-state index in [1.165, 1.54) is 0 Å². The predicted molar refractivity (Wildman–Crippen MR) is 80.7 cm³/mol. The molecule has 0 fully saturated rings. The quantitative estimate of drug-likeness (QED) is 0.671. The number of aromatic nitrogens is 2. The van der Waals surface area contributed by atoms with Crippen LogP contribution in [0.3, 0.4) is 0 Å². The molecule has 1 aromatic heterocycles. The van der Waals surface area contributed by atoms with Crippen LogP contribution in [0.2, 0.25) is 0 Å². The number of rotatable bonds is 10. The predicted octanol–water partition coefficient (Wildman–Crippen LogP) is 2.54. The van der Waals surface area contributed by atoms with E-state index in [4.69, 9.17) is 4.74 Å². The molecule has 0 amide bonds. The first-order chi connectivity index (χ1) is 9.11. The van der Waals surface area contributed by atoms with Gasteiger partial charge in [0.25, 0.3) is 0 Å². The Kier molecular flexibility index (Phi) is 8.18. The summed E-state index contributed by atoms with van der Waals surface area (Å²) in [6, 6.07) is 0. The number of aryl methyl sites for hydroxylation is 1. The molecule has 110 valence electrons. The molecule has 0 aliphatic carbocycles. The number of ether oxygens (including phenoxy) is 1. The lowest BCUT2D eigenvalue weighted by Crippen LogP contribution is -2.21. The molecule has 1 heterocycles. The van der Waals surface area contributed by atoms with E-state index in [-0.39, 0.29) is 0 Å². The minimum atomic E-state index is 0.513. The highest BCUT2D eigenvalue weighted by Gasteiger charge is 2.08. The maximum atomic E-state index is 5.14. The molecule has 19 heavy (non-hydrogen) atoms. The molecule has 0 spiro atoms. The highest BCUT2D eigenvalue weighted by molar-refractivity contribution is 7.11. The largest absolute Gasteiger partial charge is 0.384 e. The molecule has 0 saturated heterocycles. The molecular weight excluding hydrogens is 258 g/mol. The van der Waals surface area contributed by atoms with Crippen molar-refractivity contribution in [1.82, 2.24) is 15.5 Å². The van der Waals surface area contributed by atoms with Crippen LogP contribution in [0.25, 0.3) is 0 Å². The van der Waals surface area contributed by atoms with Gasteiger partial charge in [0.2, 0.25) is 0 Å². The maximum Gasteiger partial charge on any atom is 0.117 e. The van der Waals surface area contributed by atoms with E-state index in [1.54, 1.807) is 18.4 Å². The molecule has 0 saturated carbocycles. The van der Waals surface area contributed by atoms with Gasteiger partial charge in [0.15, 0.2) is 0 Å². The number of methoxy groups -OCH3 is 1. The molecule has 0 radical (unpaired) electrons. The summed E-state index contributed by atoms with van der Waals surface area (Å²) in [4.78, 5) is 0. The van der Waals surface area contributed by atoms with Crippen molar-refractivity contribution in [2.45, 2.75) is 40.0 Å². The van der Waals surface area contributed by atoms with E-state index in [0.717, 1.165) is 54.9 Å². The summed E-state index contributed by atoms with van der Waals surface area (Å²) in [5, 5.41) is 14.3. The molecule has 0 aliphatic rings. The van der Waals surface area contributed by atoms with Crippen LogP contribution < -0.4 is 5.32 Å². The van der Waals surface area contributed by atoms with Gasteiger partial charge in [-0.15, -0.1) is 21.5 Å². The van der Waals surface area contributed by atoms with E-state index in [9.17, 15) is 0 Å². The average Bonchev–Trinajstić information content (AvgIpc) is 2.76. The van der Waals surface area contributed by atoms with Gasteiger partial charge in [0.05, 0.1) is 0 Å². The van der Waals surface area contributed by atoms with Gasteiger partial charge in [0, 0.05) is 26.6 Å². The second-order valence-electron chi connectivity index (χ2n) is 5.56. The van der Waals surface area contributed by atoms with Gasteiger partial charge in [-0.05, 0) is 31.3 Å². The van der Waals surface area contributed by atoms with Gasteiger partial charge in [-0.3, -0.25) is 0 Å². The summed E-state index contributed by atoms with van der Waals surface area (Å²) in [5.74, 6) is 1.23. The fourth-order valence-corrected chi connectivity index (χ4v) is 2.92. The first-order valence-electron chi connectivity index (χ1n) is 7.12. The van der Waals surface area contributed by atoms with Crippen LogP contribution in [0, 0.1) is 11.8 Å². The lowest BCUT2D eigenvalue weighted by molar-refractivity contribution is 0.159. The molecule has 1 atom stereocenters. The SMILES string of the molecule is COCC(C)Cc1nnc(CCCNCC(C)C)s1. The second-order valence-corrected chi connectivity index (χ2v) is 6.70. The van der Waals surface area contributed by atoms with E-state index in [0.29, 0.717) is 5.92 Å². The van der Waals surface area contributed by atoms with Crippen LogP contribution in [-0.4, -0.2) is 37.0 Å². The molecule has 1 N–H and O–H groups in total. The van der Waals surface area contributed by atoms with Crippen molar-refractivity contribution in [3.05, 3.63) is 10.0 Å². The Balaban J connectivity index is 2.19. The summed E-state index contributed by atoms with van der Waals surface area (Å²) >= 11 is 1.75. The van der Waals surface area contributed by atoms with E-state index in [2.05, 4.69) is 36.3 Å². The number of nitrogens with one attached hydrogen (secondary N) is 1. The van der Waals surface area contributed by atoms with Gasteiger partial charge in [-0.25, -0.2) is 0 Å². The third kappa shape index (κ3) is 7.60. The number of hydrogen-bond donors (Lipinski definition) is 1. The van der Waals surface area contributed by atoms with Crippen LogP contribution in [0.4, 0.5) is 0 Å². The molecule has 1 aromatic rings. The monoisotopic (exact) mass is 285 g/mol. The summed E-state index contributed by atoms with van der Waals surface area (Å²) in [5.41, 5.74) is 0. The second kappa shape index (κ2) is 9.39. The zero-order valence-electron chi connectivity index (χ0n) is 12.6. The molecule has 1 rings (SSSR count). The lowest BCUT2D eigenvalue weighted by Gasteiger charge is -2.06. The van der Waals surface area contributed by atoms with Crippen molar-refractivity contribution in [3.8, 4) is 0 Å². The maximum absolute atomic E-state index is 5.14. The standard InChI is InChI=1S/C14H27N3OS/c1-11(2)9-15-7-5-6-13-16-17-14(19-13)8-12(3)10-18-4/h11-12,15H,5-10H2,1-4H3. The Bertz CT molecular complexity index is 341. The molecular formula is C14H27N3OS. The fourth-order valence-electron chi connectivity index (χ4n) is 1.87. The van der Waals surface area contributed by atoms with Crippen LogP contribution in [0.5, 0.6) is 0 Å². The third-order valence-electron chi connectivity index (χ3n) is 2.78. The number of hydrogen-bond acceptors (Lipinski definition) is 5. The van der Waals surface area contributed by atoms with Crippen molar-refractivity contribution in [2.24, 2.45) is 11.8 Å². The van der Waals surface area contributed by atoms with Gasteiger partial charge < -0.3 is 10.1 Å². The third-order valence-corrected chi connectivity index (χ3v) is 3.79. The van der Waals surface area contributed by atoms with Crippen molar-refractivity contribution in [3.63, 3.8) is 0 Å². The van der Waals surface area contributed by atoms with Crippen LogP contribution in [0.1, 0.15) is 37.2 Å². The van der Waals surface area contributed by atoms with Crippen LogP contribution in [0.15, 0.2) is 0 Å². The van der Waals surface area contributed by atoms with Crippen molar-refractivity contribution in [2.75, 3.05) is 26.8 Å². The van der Waals surface area contributed by atoms with Gasteiger partial charge >= 0.3 is 0 Å². The highest BCUT2D eigenvalue weighted by Crippen LogP contribution is 2.15. The Morgan fingerprint density at radius 3 is 2.63 bits per heavy atom. The van der Waals surface area contributed by atoms with E-state index >= 15 is 0 Å². The van der Waals surface area contributed by atoms with Crippen molar-refractivity contribution in [1.29, 1.82) is 0 Å². The first kappa shape index (κ1) is 16.5. The molecule has 4 nitrogen and oxygen atoms in total. The first-order valence-corrected chi connectivity index (χ1v) is 7.94. The van der Waals surface area contributed by atoms with Gasteiger partial charge in [-0.1, -0.05) is 20.8 Å². The Morgan fingerprint density at radius 1 is 1.21 bits per heavy atom. The van der Waals surface area contributed by atoms with E-state index in [1.807, 2.05) is 0 Å². The minimum absolute atomic E-state index is 0.513. The number of nitrogens with zero attached hydrogens (tertiary/aromatic N) is 2. The van der Waals surface area contributed by atoms with E-state index < -0.39 is 0 Å². The average molecular weight is 285 g/mol. The Labute approximate surface area is 121 Å². The fraction of sp³-hybridized carbons (Fsp3) is 0.857. The lowest BCUT2D eigenvalue weighted by atomic mass is 10.1. The summed E-state index contributed by atoms with van der Waals surface area (Å²) in [6.07, 6.45) is 3.13. The molecule has 0 aliphatic heterocycles. The Hall–Kier alpha value is -0.520. The van der Waals surface area contributed by atoms with Gasteiger partial charge in [0.1, 0.15) is 10.0 Å². The zero-order chi connectivity index (χ0) is 14.1. The zero-order valence-corrected chi connectivity index (χ0v) is 13.4. The molecule has 1 unspecified atom stereocenters. The normalized spacial score (nSPS) is 13.1. The van der Waals surface area contributed by atoms with Crippen LogP contribution in [-0.2, 0) is 17.6 Å². The van der Waals surface area contributed by atoms with Gasteiger partial charge in [-0.2, -0.15) is 0 Å². The molecule has 0 bridgehead atoms.